The summed E-state index contributed by atoms with van der Waals surface area (Å²) >= 11 is 1.92. The minimum atomic E-state index is 0.121. The van der Waals surface area contributed by atoms with Gasteiger partial charge in [0.15, 0.2) is 11.5 Å². The number of hydrogen-bond acceptors (Lipinski definition) is 4. The van der Waals surface area contributed by atoms with Crippen LogP contribution >= 0.6 is 11.8 Å². The maximum Gasteiger partial charge on any atom is 0.161 e. The first-order chi connectivity index (χ1) is 8.74. The average molecular weight is 268 g/mol. The lowest BCUT2D eigenvalue weighted by atomic mass is 10.0. The molecule has 0 saturated carbocycles. The second-order valence-electron chi connectivity index (χ2n) is 4.60. The Morgan fingerprint density at radius 2 is 2.28 bits per heavy atom. The molecule has 3 nitrogen and oxygen atoms in total. The van der Waals surface area contributed by atoms with Crippen molar-refractivity contribution in [3.63, 3.8) is 0 Å². The lowest BCUT2D eigenvalue weighted by Gasteiger charge is -2.17. The number of rotatable bonds is 5. The van der Waals surface area contributed by atoms with Crippen molar-refractivity contribution in [1.29, 1.82) is 0 Å². The van der Waals surface area contributed by atoms with Gasteiger partial charge in [0, 0.05) is 18.3 Å². The smallest absolute Gasteiger partial charge is 0.161 e. The summed E-state index contributed by atoms with van der Waals surface area (Å²) in [5, 5.41) is 9.21. The molecular formula is C14H20O3S. The molecule has 0 spiro atoms. The number of hydrogen-bond donors (Lipinski definition) is 1. The van der Waals surface area contributed by atoms with E-state index in [0.717, 1.165) is 29.2 Å². The molecule has 0 amide bonds. The number of ether oxygens (including phenoxy) is 2. The quantitative estimate of drug-likeness (QED) is 0.891. The number of benzene rings is 1. The average Bonchev–Trinajstić information content (AvgIpc) is 2.90. The second kappa shape index (κ2) is 6.34. The Balaban J connectivity index is 2.18. The van der Waals surface area contributed by atoms with Crippen molar-refractivity contribution < 1.29 is 14.6 Å². The Morgan fingerprint density at radius 3 is 2.89 bits per heavy atom. The fraction of sp³-hybridized carbons (Fsp3) is 0.571. The topological polar surface area (TPSA) is 38.7 Å². The summed E-state index contributed by atoms with van der Waals surface area (Å²) < 4.78 is 11.3. The van der Waals surface area contributed by atoms with Crippen molar-refractivity contribution in [3.05, 3.63) is 23.8 Å². The van der Waals surface area contributed by atoms with Gasteiger partial charge in [0.1, 0.15) is 6.10 Å². The summed E-state index contributed by atoms with van der Waals surface area (Å²) in [6.07, 6.45) is 1.37. The molecule has 0 aliphatic carbocycles. The van der Waals surface area contributed by atoms with Crippen LogP contribution in [-0.4, -0.2) is 36.4 Å². The normalized spacial score (nSPS) is 20.7. The van der Waals surface area contributed by atoms with Gasteiger partial charge >= 0.3 is 0 Å². The van der Waals surface area contributed by atoms with Gasteiger partial charge in [0.2, 0.25) is 0 Å². The molecule has 2 unspecified atom stereocenters. The van der Waals surface area contributed by atoms with Crippen molar-refractivity contribution in [1.82, 2.24) is 0 Å². The highest BCUT2D eigenvalue weighted by atomic mass is 32.2. The summed E-state index contributed by atoms with van der Waals surface area (Å²) in [5.41, 5.74) is 1.08. The molecular weight excluding hydrogens is 248 g/mol. The van der Waals surface area contributed by atoms with E-state index in [4.69, 9.17) is 9.47 Å². The van der Waals surface area contributed by atoms with E-state index in [-0.39, 0.29) is 18.6 Å². The van der Waals surface area contributed by atoms with E-state index in [9.17, 15) is 5.11 Å². The fourth-order valence-corrected chi connectivity index (χ4v) is 3.08. The molecule has 18 heavy (non-hydrogen) atoms. The van der Waals surface area contributed by atoms with E-state index >= 15 is 0 Å². The summed E-state index contributed by atoms with van der Waals surface area (Å²) in [5.74, 6) is 3.89. The van der Waals surface area contributed by atoms with Gasteiger partial charge in [-0.25, -0.2) is 0 Å². The van der Waals surface area contributed by atoms with Crippen molar-refractivity contribution in [2.24, 2.45) is 0 Å². The zero-order valence-corrected chi connectivity index (χ0v) is 11.7. The molecule has 1 saturated heterocycles. The van der Waals surface area contributed by atoms with Gasteiger partial charge in [-0.2, -0.15) is 11.8 Å². The summed E-state index contributed by atoms with van der Waals surface area (Å²) in [7, 11) is 1.65. The van der Waals surface area contributed by atoms with E-state index in [2.05, 4.69) is 0 Å². The molecule has 1 heterocycles. The van der Waals surface area contributed by atoms with E-state index in [1.165, 1.54) is 5.75 Å². The zero-order valence-electron chi connectivity index (χ0n) is 10.9. The molecule has 1 aromatic carbocycles. The summed E-state index contributed by atoms with van der Waals surface area (Å²) in [6.45, 7) is 2.14. The first-order valence-electron chi connectivity index (χ1n) is 6.27. The highest BCUT2D eigenvalue weighted by Gasteiger charge is 2.19. The Kier molecular flexibility index (Phi) is 4.78. The predicted molar refractivity (Wildman–Crippen MR) is 74.9 cm³/mol. The van der Waals surface area contributed by atoms with Crippen molar-refractivity contribution in [2.75, 3.05) is 25.2 Å². The van der Waals surface area contributed by atoms with Crippen LogP contribution in [0.3, 0.4) is 0 Å². The molecule has 2 rings (SSSR count). The van der Waals surface area contributed by atoms with Crippen LogP contribution in [0.2, 0.25) is 0 Å². The summed E-state index contributed by atoms with van der Waals surface area (Å²) in [4.78, 5) is 0. The van der Waals surface area contributed by atoms with Crippen LogP contribution in [0, 0.1) is 0 Å². The fourth-order valence-electron chi connectivity index (χ4n) is 1.98. The maximum atomic E-state index is 9.21. The lowest BCUT2D eigenvalue weighted by molar-refractivity contribution is 0.217. The van der Waals surface area contributed by atoms with Gasteiger partial charge in [-0.05, 0) is 29.9 Å². The number of aliphatic hydroxyl groups is 1. The van der Waals surface area contributed by atoms with Gasteiger partial charge in [0.05, 0.1) is 7.11 Å². The molecule has 100 valence electrons. The minimum Gasteiger partial charge on any atom is -0.493 e. The largest absolute Gasteiger partial charge is 0.493 e. The molecule has 4 heteroatoms. The van der Waals surface area contributed by atoms with E-state index < -0.39 is 0 Å². The van der Waals surface area contributed by atoms with E-state index in [1.807, 2.05) is 36.9 Å². The van der Waals surface area contributed by atoms with Crippen LogP contribution in [0.5, 0.6) is 11.5 Å². The molecule has 2 atom stereocenters. The molecule has 0 bridgehead atoms. The van der Waals surface area contributed by atoms with Crippen LogP contribution in [-0.2, 0) is 0 Å². The Morgan fingerprint density at radius 1 is 1.44 bits per heavy atom. The standard InChI is InChI=1S/C14H20O3S/c1-10(8-15)11-3-4-13(16-2)14(7-11)17-12-5-6-18-9-12/h3-4,7,10,12,15H,5-6,8-9H2,1-2H3. The van der Waals surface area contributed by atoms with E-state index in [0.29, 0.717) is 0 Å². The van der Waals surface area contributed by atoms with Gasteiger partial charge in [-0.1, -0.05) is 13.0 Å². The van der Waals surface area contributed by atoms with Crippen LogP contribution in [0.25, 0.3) is 0 Å². The zero-order chi connectivity index (χ0) is 13.0. The van der Waals surface area contributed by atoms with Crippen molar-refractivity contribution in [2.45, 2.75) is 25.4 Å². The van der Waals surface area contributed by atoms with Crippen molar-refractivity contribution in [3.8, 4) is 11.5 Å². The molecule has 0 aromatic heterocycles. The molecule has 1 N–H and O–H groups in total. The van der Waals surface area contributed by atoms with Gasteiger partial charge in [0.25, 0.3) is 0 Å². The maximum absolute atomic E-state index is 9.21. The minimum absolute atomic E-state index is 0.121. The van der Waals surface area contributed by atoms with Gasteiger partial charge in [-0.15, -0.1) is 0 Å². The van der Waals surface area contributed by atoms with E-state index in [1.54, 1.807) is 7.11 Å². The number of thioether (sulfide) groups is 1. The van der Waals surface area contributed by atoms with Gasteiger partial charge in [-0.3, -0.25) is 0 Å². The van der Waals surface area contributed by atoms with Crippen LogP contribution in [0.1, 0.15) is 24.8 Å². The third kappa shape index (κ3) is 3.12. The first kappa shape index (κ1) is 13.6. The van der Waals surface area contributed by atoms with Crippen LogP contribution in [0.4, 0.5) is 0 Å². The lowest BCUT2D eigenvalue weighted by Crippen LogP contribution is -2.15. The number of aliphatic hydroxyl groups excluding tert-OH is 1. The molecule has 1 fully saturated rings. The Bertz CT molecular complexity index is 389. The summed E-state index contributed by atoms with van der Waals surface area (Å²) in [6, 6.07) is 5.89. The predicted octanol–water partition coefficient (Wildman–Crippen LogP) is 2.68. The van der Waals surface area contributed by atoms with Crippen LogP contribution in [0.15, 0.2) is 18.2 Å². The Hall–Kier alpha value is -0.870. The second-order valence-corrected chi connectivity index (χ2v) is 5.75. The SMILES string of the molecule is COc1ccc(C(C)CO)cc1OC1CCSC1. The van der Waals surface area contributed by atoms with Crippen molar-refractivity contribution >= 4 is 11.8 Å². The number of methoxy groups -OCH3 is 1. The third-order valence-electron chi connectivity index (χ3n) is 3.21. The first-order valence-corrected chi connectivity index (χ1v) is 7.43. The molecule has 1 aromatic rings. The van der Waals surface area contributed by atoms with Crippen LogP contribution < -0.4 is 9.47 Å². The Labute approximate surface area is 112 Å². The highest BCUT2D eigenvalue weighted by Crippen LogP contribution is 2.33. The molecule has 0 radical (unpaired) electrons. The highest BCUT2D eigenvalue weighted by molar-refractivity contribution is 7.99. The third-order valence-corrected chi connectivity index (χ3v) is 4.34. The monoisotopic (exact) mass is 268 g/mol. The molecule has 1 aliphatic rings. The van der Waals surface area contributed by atoms with Gasteiger partial charge < -0.3 is 14.6 Å². The molecule has 1 aliphatic heterocycles.